The highest BCUT2D eigenvalue weighted by molar-refractivity contribution is 7.22. The SMILES string of the molecule is CC(C)=NNc1nc2c(C)ccc(NC(=O)c3ccco3)c2s1. The number of carbonyl (C=O) groups is 1. The normalized spacial score (nSPS) is 10.6. The highest BCUT2D eigenvalue weighted by Gasteiger charge is 2.14. The number of rotatable bonds is 4. The molecule has 0 aliphatic rings. The van der Waals surface area contributed by atoms with E-state index in [0.29, 0.717) is 10.8 Å². The summed E-state index contributed by atoms with van der Waals surface area (Å²) in [5.74, 6) is -0.0155. The van der Waals surface area contributed by atoms with E-state index in [1.807, 2.05) is 32.9 Å². The van der Waals surface area contributed by atoms with Gasteiger partial charge in [0.2, 0.25) is 5.13 Å². The number of carbonyl (C=O) groups excluding carboxylic acids is 1. The van der Waals surface area contributed by atoms with Crippen LogP contribution in [0.4, 0.5) is 10.8 Å². The Labute approximate surface area is 137 Å². The third kappa shape index (κ3) is 3.24. The van der Waals surface area contributed by atoms with Crippen molar-refractivity contribution in [2.24, 2.45) is 5.10 Å². The van der Waals surface area contributed by atoms with Crippen LogP contribution in [0.1, 0.15) is 30.0 Å². The van der Waals surface area contributed by atoms with Crippen LogP contribution in [0.2, 0.25) is 0 Å². The first kappa shape index (κ1) is 15.2. The molecule has 1 amide bonds. The van der Waals surface area contributed by atoms with Gasteiger partial charge in [-0.25, -0.2) is 4.98 Å². The topological polar surface area (TPSA) is 79.5 Å². The molecule has 7 heteroatoms. The number of fused-ring (bicyclic) bond motifs is 1. The molecule has 0 saturated heterocycles. The molecular formula is C16H16N4O2S. The van der Waals surface area contributed by atoms with Gasteiger partial charge in [0.05, 0.1) is 22.2 Å². The van der Waals surface area contributed by atoms with E-state index in [2.05, 4.69) is 20.8 Å². The zero-order valence-corrected chi connectivity index (χ0v) is 13.8. The van der Waals surface area contributed by atoms with Crippen LogP contribution in [0, 0.1) is 6.92 Å². The van der Waals surface area contributed by atoms with Crippen LogP contribution in [-0.2, 0) is 0 Å². The molecule has 2 aromatic heterocycles. The Balaban J connectivity index is 1.95. The molecule has 0 aliphatic carbocycles. The number of benzene rings is 1. The maximum Gasteiger partial charge on any atom is 0.291 e. The fourth-order valence-corrected chi connectivity index (χ4v) is 2.98. The van der Waals surface area contributed by atoms with Crippen molar-refractivity contribution >= 4 is 44.0 Å². The molecule has 0 spiro atoms. The lowest BCUT2D eigenvalue weighted by atomic mass is 10.2. The summed E-state index contributed by atoms with van der Waals surface area (Å²) in [4.78, 5) is 16.7. The van der Waals surface area contributed by atoms with Crippen LogP contribution in [0.15, 0.2) is 40.0 Å². The minimum absolute atomic E-state index is 0.271. The molecule has 2 heterocycles. The zero-order valence-electron chi connectivity index (χ0n) is 13.0. The van der Waals surface area contributed by atoms with Crippen LogP contribution in [0.25, 0.3) is 10.2 Å². The fraction of sp³-hybridized carbons (Fsp3) is 0.188. The van der Waals surface area contributed by atoms with E-state index in [4.69, 9.17) is 4.42 Å². The molecule has 23 heavy (non-hydrogen) atoms. The Kier molecular flexibility index (Phi) is 4.12. The van der Waals surface area contributed by atoms with Gasteiger partial charge in [0.1, 0.15) is 0 Å². The predicted octanol–water partition coefficient (Wildman–Crippen LogP) is 4.26. The molecule has 0 saturated carbocycles. The van der Waals surface area contributed by atoms with Crippen LogP contribution in [0.3, 0.4) is 0 Å². The van der Waals surface area contributed by atoms with E-state index in [-0.39, 0.29) is 11.7 Å². The highest BCUT2D eigenvalue weighted by atomic mass is 32.1. The second kappa shape index (κ2) is 6.21. The molecule has 0 fully saturated rings. The minimum atomic E-state index is -0.287. The molecule has 2 N–H and O–H groups in total. The van der Waals surface area contributed by atoms with Gasteiger partial charge < -0.3 is 9.73 Å². The van der Waals surface area contributed by atoms with Crippen molar-refractivity contribution in [3.05, 3.63) is 41.9 Å². The van der Waals surface area contributed by atoms with Gasteiger partial charge in [0.15, 0.2) is 5.76 Å². The minimum Gasteiger partial charge on any atom is -0.459 e. The monoisotopic (exact) mass is 328 g/mol. The van der Waals surface area contributed by atoms with Gasteiger partial charge in [-0.2, -0.15) is 5.10 Å². The first-order chi connectivity index (χ1) is 11.0. The summed E-state index contributed by atoms with van der Waals surface area (Å²) in [6, 6.07) is 7.10. The van der Waals surface area contributed by atoms with Crippen molar-refractivity contribution in [1.82, 2.24) is 4.98 Å². The van der Waals surface area contributed by atoms with Gasteiger partial charge in [-0.3, -0.25) is 10.2 Å². The first-order valence-electron chi connectivity index (χ1n) is 7.06. The highest BCUT2D eigenvalue weighted by Crippen LogP contribution is 2.34. The predicted molar refractivity (Wildman–Crippen MR) is 93.4 cm³/mol. The zero-order chi connectivity index (χ0) is 16.4. The summed E-state index contributed by atoms with van der Waals surface area (Å²) in [5.41, 5.74) is 6.43. The van der Waals surface area contributed by atoms with Gasteiger partial charge in [0, 0.05) is 5.71 Å². The number of nitrogens with one attached hydrogen (secondary N) is 2. The smallest absolute Gasteiger partial charge is 0.291 e. The number of amides is 1. The summed E-state index contributed by atoms with van der Waals surface area (Å²) >= 11 is 1.44. The van der Waals surface area contributed by atoms with Crippen molar-refractivity contribution < 1.29 is 9.21 Å². The molecule has 1 aromatic carbocycles. The molecule has 0 aliphatic heterocycles. The number of furan rings is 1. The molecule has 3 rings (SSSR count). The molecule has 0 bridgehead atoms. The maximum absolute atomic E-state index is 12.2. The summed E-state index contributed by atoms with van der Waals surface area (Å²) in [5, 5.41) is 7.71. The molecule has 0 radical (unpaired) electrons. The lowest BCUT2D eigenvalue weighted by Gasteiger charge is -2.05. The van der Waals surface area contributed by atoms with Crippen LogP contribution in [-0.4, -0.2) is 16.6 Å². The van der Waals surface area contributed by atoms with Gasteiger partial charge in [0.25, 0.3) is 5.91 Å². The average molecular weight is 328 g/mol. The van der Waals surface area contributed by atoms with Crippen LogP contribution < -0.4 is 10.7 Å². The quantitative estimate of drug-likeness (QED) is 0.554. The van der Waals surface area contributed by atoms with Crippen LogP contribution >= 0.6 is 11.3 Å². The Morgan fingerprint density at radius 2 is 2.13 bits per heavy atom. The lowest BCUT2D eigenvalue weighted by Crippen LogP contribution is -2.10. The van der Waals surface area contributed by atoms with Gasteiger partial charge in [-0.1, -0.05) is 17.4 Å². The standard InChI is InChI=1S/C16H16N4O2S/c1-9(2)19-20-16-18-13-10(3)6-7-11(14(13)23-16)17-15(21)12-5-4-8-22-12/h4-8H,1-3H3,(H,17,21)(H,18,20). The number of hydrogen-bond donors (Lipinski definition) is 2. The lowest BCUT2D eigenvalue weighted by molar-refractivity contribution is 0.0997. The summed E-state index contributed by atoms with van der Waals surface area (Å²) in [7, 11) is 0. The fourth-order valence-electron chi connectivity index (χ4n) is 2.03. The number of nitrogens with zero attached hydrogens (tertiary/aromatic N) is 2. The summed E-state index contributed by atoms with van der Waals surface area (Å²) in [6.07, 6.45) is 1.47. The number of aryl methyl sites for hydroxylation is 1. The molecule has 0 unspecified atom stereocenters. The van der Waals surface area contributed by atoms with E-state index in [0.717, 1.165) is 21.5 Å². The Morgan fingerprint density at radius 1 is 1.30 bits per heavy atom. The second-order valence-corrected chi connectivity index (χ2v) is 6.23. The number of hydrogen-bond acceptors (Lipinski definition) is 6. The van der Waals surface area contributed by atoms with Gasteiger partial charge >= 0.3 is 0 Å². The largest absolute Gasteiger partial charge is 0.459 e. The molecule has 0 atom stereocenters. The van der Waals surface area contributed by atoms with E-state index < -0.39 is 0 Å². The van der Waals surface area contributed by atoms with E-state index in [9.17, 15) is 4.79 Å². The number of thiazole rings is 1. The number of aromatic nitrogens is 1. The van der Waals surface area contributed by atoms with E-state index >= 15 is 0 Å². The van der Waals surface area contributed by atoms with Gasteiger partial charge in [-0.15, -0.1) is 0 Å². The van der Waals surface area contributed by atoms with Crippen molar-refractivity contribution in [2.75, 3.05) is 10.7 Å². The summed E-state index contributed by atoms with van der Waals surface area (Å²) in [6.45, 7) is 5.79. The third-order valence-corrected chi connectivity index (χ3v) is 4.11. The number of anilines is 2. The Hall–Kier alpha value is -2.67. The number of hydrazone groups is 1. The Morgan fingerprint density at radius 3 is 2.83 bits per heavy atom. The van der Waals surface area contributed by atoms with Crippen molar-refractivity contribution in [1.29, 1.82) is 0 Å². The molecular weight excluding hydrogens is 312 g/mol. The van der Waals surface area contributed by atoms with Crippen LogP contribution in [0.5, 0.6) is 0 Å². The Bertz CT molecular complexity index is 877. The van der Waals surface area contributed by atoms with E-state index in [1.165, 1.54) is 17.6 Å². The maximum atomic E-state index is 12.2. The first-order valence-corrected chi connectivity index (χ1v) is 7.88. The summed E-state index contributed by atoms with van der Waals surface area (Å²) < 4.78 is 6.02. The van der Waals surface area contributed by atoms with Crippen molar-refractivity contribution in [3.8, 4) is 0 Å². The average Bonchev–Trinajstić information content (AvgIpc) is 3.17. The molecule has 118 valence electrons. The second-order valence-electron chi connectivity index (χ2n) is 5.23. The molecule has 6 nitrogen and oxygen atoms in total. The van der Waals surface area contributed by atoms with Gasteiger partial charge in [-0.05, 0) is 44.5 Å². The third-order valence-electron chi connectivity index (χ3n) is 3.11. The van der Waals surface area contributed by atoms with E-state index in [1.54, 1.807) is 12.1 Å². The molecule has 3 aromatic rings. The van der Waals surface area contributed by atoms with Crippen molar-refractivity contribution in [2.45, 2.75) is 20.8 Å². The van der Waals surface area contributed by atoms with Crippen molar-refractivity contribution in [3.63, 3.8) is 0 Å².